The van der Waals surface area contributed by atoms with Gasteiger partial charge in [-0.1, -0.05) is 18.2 Å². The summed E-state index contributed by atoms with van der Waals surface area (Å²) in [6.45, 7) is 3.38. The Labute approximate surface area is 159 Å². The number of likely N-dealkylation sites (N-methyl/N-ethyl adjacent to an activating group) is 1. The zero-order valence-corrected chi connectivity index (χ0v) is 15.7. The third kappa shape index (κ3) is 3.09. The van der Waals surface area contributed by atoms with Gasteiger partial charge in [-0.2, -0.15) is 0 Å². The van der Waals surface area contributed by atoms with E-state index in [1.54, 1.807) is 0 Å². The highest BCUT2D eigenvalue weighted by molar-refractivity contribution is 5.93. The lowest BCUT2D eigenvalue weighted by molar-refractivity contribution is 0.0215. The summed E-state index contributed by atoms with van der Waals surface area (Å²) in [5.41, 5.74) is 4.50. The lowest BCUT2D eigenvalue weighted by Crippen LogP contribution is -2.34. The van der Waals surface area contributed by atoms with Crippen molar-refractivity contribution in [2.45, 2.75) is 38.5 Å². The largest absolute Gasteiger partial charge is 0.376 e. The molecular formula is C21H25N5O. The van der Waals surface area contributed by atoms with E-state index in [1.165, 1.54) is 18.4 Å². The van der Waals surface area contributed by atoms with E-state index in [-0.39, 0.29) is 0 Å². The molecule has 2 aliphatic rings. The minimum atomic E-state index is 0.292. The van der Waals surface area contributed by atoms with Crippen LogP contribution in [0.5, 0.6) is 0 Å². The van der Waals surface area contributed by atoms with Gasteiger partial charge in [0.05, 0.1) is 11.8 Å². The van der Waals surface area contributed by atoms with E-state index in [2.05, 4.69) is 40.4 Å². The van der Waals surface area contributed by atoms with Crippen LogP contribution in [0.4, 0.5) is 5.82 Å². The summed E-state index contributed by atoms with van der Waals surface area (Å²) in [7, 11) is 2.12. The number of ether oxygens (including phenoxy) is 1. The molecule has 0 unspecified atom stereocenters. The molecule has 0 bridgehead atoms. The van der Waals surface area contributed by atoms with Gasteiger partial charge in [0.25, 0.3) is 0 Å². The van der Waals surface area contributed by atoms with Crippen LogP contribution < -0.4 is 10.2 Å². The number of rotatable bonds is 4. The van der Waals surface area contributed by atoms with Crippen molar-refractivity contribution in [1.29, 1.82) is 0 Å². The quantitative estimate of drug-likeness (QED) is 0.745. The van der Waals surface area contributed by atoms with Gasteiger partial charge >= 0.3 is 0 Å². The van der Waals surface area contributed by atoms with Crippen LogP contribution in [-0.4, -0.2) is 41.3 Å². The maximum Gasteiger partial charge on any atom is 0.163 e. The number of aromatic amines is 1. The van der Waals surface area contributed by atoms with Gasteiger partial charge in [0, 0.05) is 61.5 Å². The standard InChI is InChI=1S/C21H25N5O/c1-26(13-14-6-4-5-9-27-14)21-17-10-22-12-19(17)24-20(25-21)16-11-23-18-8-3-2-7-15(16)18/h2-3,7-8,11,14,22-23H,4-6,9-10,12-13H2,1H3/t14-/m0/s1. The number of benzene rings is 1. The Morgan fingerprint density at radius 3 is 3.00 bits per heavy atom. The van der Waals surface area contributed by atoms with Crippen LogP contribution in [-0.2, 0) is 17.8 Å². The SMILES string of the molecule is CN(C[C@@H]1CCCCO1)c1nc(-c2c[nH]c3ccccc23)nc2c1CNC2. The predicted octanol–water partition coefficient (Wildman–Crippen LogP) is 3.23. The van der Waals surface area contributed by atoms with Gasteiger partial charge in [-0.05, 0) is 25.3 Å². The molecular weight excluding hydrogens is 338 g/mol. The monoisotopic (exact) mass is 363 g/mol. The van der Waals surface area contributed by atoms with Crippen LogP contribution in [0, 0.1) is 0 Å². The van der Waals surface area contributed by atoms with Gasteiger partial charge in [-0.15, -0.1) is 0 Å². The molecule has 5 rings (SSSR count). The highest BCUT2D eigenvalue weighted by Gasteiger charge is 2.24. The first kappa shape index (κ1) is 16.7. The van der Waals surface area contributed by atoms with Crippen molar-refractivity contribution in [3.63, 3.8) is 0 Å². The number of aromatic nitrogens is 3. The molecule has 1 saturated heterocycles. The number of fused-ring (bicyclic) bond motifs is 2. The van der Waals surface area contributed by atoms with Crippen LogP contribution in [0.15, 0.2) is 30.5 Å². The van der Waals surface area contributed by atoms with Crippen LogP contribution >= 0.6 is 0 Å². The Bertz CT molecular complexity index is 960. The van der Waals surface area contributed by atoms with Gasteiger partial charge < -0.3 is 19.9 Å². The predicted molar refractivity (Wildman–Crippen MR) is 107 cm³/mol. The van der Waals surface area contributed by atoms with E-state index < -0.39 is 0 Å². The third-order valence-electron chi connectivity index (χ3n) is 5.61. The van der Waals surface area contributed by atoms with Crippen molar-refractivity contribution in [3.05, 3.63) is 41.7 Å². The highest BCUT2D eigenvalue weighted by Crippen LogP contribution is 2.31. The highest BCUT2D eigenvalue weighted by atomic mass is 16.5. The molecule has 2 N–H and O–H groups in total. The molecule has 27 heavy (non-hydrogen) atoms. The van der Waals surface area contributed by atoms with Gasteiger partial charge in [0.2, 0.25) is 0 Å². The molecule has 0 radical (unpaired) electrons. The first-order valence-electron chi connectivity index (χ1n) is 9.79. The Morgan fingerprint density at radius 1 is 1.19 bits per heavy atom. The van der Waals surface area contributed by atoms with Crippen molar-refractivity contribution in [2.75, 3.05) is 25.1 Å². The molecule has 3 aromatic rings. The number of nitrogens with zero attached hydrogens (tertiary/aromatic N) is 3. The van der Waals surface area contributed by atoms with Crippen molar-refractivity contribution < 1.29 is 4.74 Å². The summed E-state index contributed by atoms with van der Waals surface area (Å²) in [5, 5.41) is 4.59. The minimum absolute atomic E-state index is 0.292. The minimum Gasteiger partial charge on any atom is -0.376 e. The molecule has 2 aliphatic heterocycles. The molecule has 6 nitrogen and oxygen atoms in total. The van der Waals surface area contributed by atoms with Crippen LogP contribution in [0.1, 0.15) is 30.5 Å². The Balaban J connectivity index is 1.53. The van der Waals surface area contributed by atoms with Crippen molar-refractivity contribution in [2.24, 2.45) is 0 Å². The Morgan fingerprint density at radius 2 is 2.11 bits per heavy atom. The molecule has 0 aliphatic carbocycles. The first-order valence-corrected chi connectivity index (χ1v) is 9.79. The third-order valence-corrected chi connectivity index (χ3v) is 5.61. The van der Waals surface area contributed by atoms with Crippen LogP contribution in [0.3, 0.4) is 0 Å². The molecule has 0 saturated carbocycles. The average molecular weight is 363 g/mol. The van der Waals surface area contributed by atoms with Crippen LogP contribution in [0.25, 0.3) is 22.3 Å². The van der Waals surface area contributed by atoms with Crippen molar-refractivity contribution >= 4 is 16.7 Å². The molecule has 0 amide bonds. The molecule has 140 valence electrons. The lowest BCUT2D eigenvalue weighted by atomic mass is 10.1. The molecule has 1 aromatic carbocycles. The summed E-state index contributed by atoms with van der Waals surface area (Å²) in [4.78, 5) is 15.5. The second-order valence-electron chi connectivity index (χ2n) is 7.52. The van der Waals surface area contributed by atoms with Crippen LogP contribution in [0.2, 0.25) is 0 Å². The van der Waals surface area contributed by atoms with Gasteiger partial charge in [-0.3, -0.25) is 0 Å². The van der Waals surface area contributed by atoms with Crippen molar-refractivity contribution in [1.82, 2.24) is 20.3 Å². The van der Waals surface area contributed by atoms with Gasteiger partial charge in [0.15, 0.2) is 5.82 Å². The van der Waals surface area contributed by atoms with E-state index in [0.717, 1.165) is 66.5 Å². The summed E-state index contributed by atoms with van der Waals surface area (Å²) in [6.07, 6.45) is 5.87. The zero-order valence-electron chi connectivity index (χ0n) is 15.7. The number of para-hydroxylation sites is 1. The second-order valence-corrected chi connectivity index (χ2v) is 7.52. The number of hydrogen-bond acceptors (Lipinski definition) is 5. The number of hydrogen-bond donors (Lipinski definition) is 2. The summed E-state index contributed by atoms with van der Waals surface area (Å²) >= 11 is 0. The smallest absolute Gasteiger partial charge is 0.163 e. The first-order chi connectivity index (χ1) is 13.3. The molecule has 6 heteroatoms. The van der Waals surface area contributed by atoms with E-state index in [4.69, 9.17) is 14.7 Å². The second kappa shape index (κ2) is 6.94. The topological polar surface area (TPSA) is 66.1 Å². The van der Waals surface area contributed by atoms with Gasteiger partial charge in [0.1, 0.15) is 5.82 Å². The van der Waals surface area contributed by atoms with Crippen molar-refractivity contribution in [3.8, 4) is 11.4 Å². The fourth-order valence-corrected chi connectivity index (χ4v) is 4.19. The number of anilines is 1. The lowest BCUT2D eigenvalue weighted by Gasteiger charge is -2.29. The van der Waals surface area contributed by atoms with E-state index >= 15 is 0 Å². The summed E-state index contributed by atoms with van der Waals surface area (Å²) in [6, 6.07) is 8.30. The summed E-state index contributed by atoms with van der Waals surface area (Å²) in [5.74, 6) is 1.82. The number of H-pyrrole nitrogens is 1. The maximum atomic E-state index is 5.94. The maximum absolute atomic E-state index is 5.94. The summed E-state index contributed by atoms with van der Waals surface area (Å²) < 4.78 is 5.94. The number of nitrogens with one attached hydrogen (secondary N) is 2. The zero-order chi connectivity index (χ0) is 18.2. The average Bonchev–Trinajstić information content (AvgIpc) is 3.34. The van der Waals surface area contributed by atoms with E-state index in [0.29, 0.717) is 6.10 Å². The Kier molecular flexibility index (Phi) is 4.30. The van der Waals surface area contributed by atoms with E-state index in [1.807, 2.05) is 12.3 Å². The normalized spacial score (nSPS) is 19.4. The molecule has 2 aromatic heterocycles. The molecule has 4 heterocycles. The molecule has 1 atom stereocenters. The fourth-order valence-electron chi connectivity index (χ4n) is 4.19. The fraction of sp³-hybridized carbons (Fsp3) is 0.429. The molecule has 0 spiro atoms. The van der Waals surface area contributed by atoms with E-state index in [9.17, 15) is 0 Å². The Hall–Kier alpha value is -2.44. The van der Waals surface area contributed by atoms with Gasteiger partial charge in [-0.25, -0.2) is 9.97 Å². The molecule has 1 fully saturated rings.